The van der Waals surface area contributed by atoms with Gasteiger partial charge in [0.25, 0.3) is 0 Å². The zero-order valence-corrected chi connectivity index (χ0v) is 6.25. The first-order valence-electron chi connectivity index (χ1n) is 3.56. The molecule has 2 N–H and O–H groups in total. The second-order valence-electron chi connectivity index (χ2n) is 2.51. The Hall–Kier alpha value is -1.33. The van der Waals surface area contributed by atoms with Crippen molar-refractivity contribution in [2.75, 3.05) is 0 Å². The van der Waals surface area contributed by atoms with Crippen LogP contribution in [0.3, 0.4) is 0 Å². The van der Waals surface area contributed by atoms with Crippen molar-refractivity contribution in [2.45, 2.75) is 0 Å². The third-order valence-corrected chi connectivity index (χ3v) is 1.74. The monoisotopic (exact) mass is 162 g/mol. The summed E-state index contributed by atoms with van der Waals surface area (Å²) in [6, 6.07) is 5.24. The third kappa shape index (κ3) is 0.994. The van der Waals surface area contributed by atoms with Gasteiger partial charge in [0.2, 0.25) is 0 Å². The van der Waals surface area contributed by atoms with Crippen LogP contribution >= 0.6 is 0 Å². The van der Waals surface area contributed by atoms with Gasteiger partial charge in [-0.2, -0.15) is 0 Å². The quantitative estimate of drug-likeness (QED) is 0.529. The maximum absolute atomic E-state index is 8.95. The molecule has 0 unspecified atom stereocenters. The Morgan fingerprint density at radius 1 is 1.33 bits per heavy atom. The first-order valence-corrected chi connectivity index (χ1v) is 3.56. The van der Waals surface area contributed by atoms with E-state index in [1.165, 1.54) is 0 Å². The molecule has 0 saturated carbocycles. The van der Waals surface area contributed by atoms with Gasteiger partial charge in [-0.15, -0.1) is 0 Å². The van der Waals surface area contributed by atoms with Crippen LogP contribution in [0.25, 0.3) is 5.52 Å². The Morgan fingerprint density at radius 2 is 2.17 bits per heavy atom. The lowest BCUT2D eigenvalue weighted by atomic mass is 9.85. The van der Waals surface area contributed by atoms with Crippen molar-refractivity contribution in [1.29, 1.82) is 0 Å². The predicted octanol–water partition coefficient (Wildman–Crippen LogP) is -0.986. The summed E-state index contributed by atoms with van der Waals surface area (Å²) in [4.78, 5) is 3.89. The lowest BCUT2D eigenvalue weighted by molar-refractivity contribution is 0.423. The highest BCUT2D eigenvalue weighted by Gasteiger charge is 2.13. The molecule has 60 valence electrons. The predicted molar refractivity (Wildman–Crippen MR) is 45.0 cm³/mol. The van der Waals surface area contributed by atoms with Gasteiger partial charge in [-0.1, -0.05) is 6.07 Å². The van der Waals surface area contributed by atoms with Crippen LogP contribution in [0.15, 0.2) is 30.7 Å². The fourth-order valence-corrected chi connectivity index (χ4v) is 1.18. The molecule has 2 heterocycles. The van der Waals surface area contributed by atoms with Crippen LogP contribution in [0.2, 0.25) is 0 Å². The smallest absolute Gasteiger partial charge is 0.422 e. The van der Waals surface area contributed by atoms with E-state index < -0.39 is 7.12 Å². The van der Waals surface area contributed by atoms with Gasteiger partial charge in [0.1, 0.15) is 0 Å². The third-order valence-electron chi connectivity index (χ3n) is 1.74. The first-order chi connectivity index (χ1) is 5.79. The van der Waals surface area contributed by atoms with Gasteiger partial charge in [0, 0.05) is 0 Å². The Bertz CT molecular complexity index is 399. The van der Waals surface area contributed by atoms with Gasteiger partial charge in [-0.25, -0.2) is 4.98 Å². The van der Waals surface area contributed by atoms with E-state index in [1.54, 1.807) is 29.1 Å². The van der Waals surface area contributed by atoms with Gasteiger partial charge < -0.3 is 14.4 Å². The first kappa shape index (κ1) is 7.33. The van der Waals surface area contributed by atoms with Crippen LogP contribution < -0.4 is 5.59 Å². The Kier molecular flexibility index (Phi) is 1.60. The molecule has 0 aliphatic heterocycles. The van der Waals surface area contributed by atoms with Crippen LogP contribution in [0.5, 0.6) is 0 Å². The number of aromatic nitrogens is 2. The van der Waals surface area contributed by atoms with Crippen molar-refractivity contribution < 1.29 is 10.0 Å². The minimum Gasteiger partial charge on any atom is -0.422 e. The number of nitrogens with zero attached hydrogens (tertiary/aromatic N) is 2. The van der Waals surface area contributed by atoms with Crippen molar-refractivity contribution in [1.82, 2.24) is 9.38 Å². The van der Waals surface area contributed by atoms with Crippen molar-refractivity contribution in [3.8, 4) is 0 Å². The molecule has 0 saturated heterocycles. The highest BCUT2D eigenvalue weighted by molar-refractivity contribution is 6.57. The van der Waals surface area contributed by atoms with Crippen LogP contribution in [-0.2, 0) is 0 Å². The number of hydrogen-bond donors (Lipinski definition) is 2. The van der Waals surface area contributed by atoms with Crippen molar-refractivity contribution in [2.24, 2.45) is 0 Å². The normalized spacial score (nSPS) is 10.5. The summed E-state index contributed by atoms with van der Waals surface area (Å²) in [6.07, 6.45) is 3.20. The van der Waals surface area contributed by atoms with E-state index in [0.717, 1.165) is 5.52 Å². The van der Waals surface area contributed by atoms with Gasteiger partial charge in [-0.3, -0.25) is 0 Å². The van der Waals surface area contributed by atoms with E-state index in [2.05, 4.69) is 4.98 Å². The molecule has 5 heteroatoms. The Balaban J connectivity index is 2.73. The molecule has 0 atom stereocenters. The SMILES string of the molecule is OB(O)c1cccc2cncn12. The van der Waals surface area contributed by atoms with E-state index in [9.17, 15) is 0 Å². The number of pyridine rings is 1. The maximum atomic E-state index is 8.95. The van der Waals surface area contributed by atoms with Crippen molar-refractivity contribution in [3.63, 3.8) is 0 Å². The van der Waals surface area contributed by atoms with E-state index >= 15 is 0 Å². The van der Waals surface area contributed by atoms with Crippen molar-refractivity contribution in [3.05, 3.63) is 30.7 Å². The summed E-state index contributed by atoms with van der Waals surface area (Å²) < 4.78 is 1.63. The summed E-state index contributed by atoms with van der Waals surface area (Å²) in [5.41, 5.74) is 1.27. The largest absolute Gasteiger partial charge is 0.506 e. The topological polar surface area (TPSA) is 57.8 Å². The molecule has 12 heavy (non-hydrogen) atoms. The summed E-state index contributed by atoms with van der Waals surface area (Å²) in [5.74, 6) is 0. The molecule has 2 aromatic rings. The lowest BCUT2D eigenvalue weighted by Gasteiger charge is -2.02. The van der Waals surface area contributed by atoms with Crippen LogP contribution in [0, 0.1) is 0 Å². The highest BCUT2D eigenvalue weighted by atomic mass is 16.4. The van der Waals surface area contributed by atoms with Crippen LogP contribution in [-0.4, -0.2) is 26.6 Å². The number of rotatable bonds is 1. The average Bonchev–Trinajstić information content (AvgIpc) is 2.49. The zero-order valence-electron chi connectivity index (χ0n) is 6.25. The standard InChI is InChI=1S/C7H7BN2O2/c11-8(12)7-3-1-2-6-4-9-5-10(6)7/h1-5,11-12H. The summed E-state index contributed by atoms with van der Waals surface area (Å²) in [7, 11) is -1.46. The molecule has 0 radical (unpaired) electrons. The number of imidazole rings is 1. The molecule has 0 bridgehead atoms. The maximum Gasteiger partial charge on any atom is 0.506 e. The van der Waals surface area contributed by atoms with E-state index in [-0.39, 0.29) is 0 Å². The van der Waals surface area contributed by atoms with Gasteiger partial charge in [0.05, 0.1) is 23.6 Å². The van der Waals surface area contributed by atoms with Gasteiger partial charge in [0.15, 0.2) is 0 Å². The summed E-state index contributed by atoms with van der Waals surface area (Å²) in [5, 5.41) is 17.9. The van der Waals surface area contributed by atoms with E-state index in [4.69, 9.17) is 10.0 Å². The number of fused-ring (bicyclic) bond motifs is 1. The molecule has 0 aliphatic carbocycles. The van der Waals surface area contributed by atoms with Crippen molar-refractivity contribution >= 4 is 18.2 Å². The lowest BCUT2D eigenvalue weighted by Crippen LogP contribution is -2.34. The second-order valence-corrected chi connectivity index (χ2v) is 2.51. The summed E-state index contributed by atoms with van der Waals surface area (Å²) in [6.45, 7) is 0. The molecule has 0 fully saturated rings. The molecule has 0 spiro atoms. The minimum atomic E-state index is -1.46. The molecular weight excluding hydrogens is 155 g/mol. The number of hydrogen-bond acceptors (Lipinski definition) is 3. The minimum absolute atomic E-state index is 0.421. The molecule has 0 amide bonds. The molecule has 2 rings (SSSR count). The van der Waals surface area contributed by atoms with Crippen LogP contribution in [0.1, 0.15) is 0 Å². The zero-order chi connectivity index (χ0) is 8.55. The van der Waals surface area contributed by atoms with E-state index in [0.29, 0.717) is 5.59 Å². The Morgan fingerprint density at radius 3 is 2.92 bits per heavy atom. The molecule has 4 nitrogen and oxygen atoms in total. The average molecular weight is 162 g/mol. The second kappa shape index (κ2) is 2.62. The van der Waals surface area contributed by atoms with E-state index in [1.807, 2.05) is 6.07 Å². The molecule has 2 aromatic heterocycles. The van der Waals surface area contributed by atoms with Gasteiger partial charge in [-0.05, 0) is 12.1 Å². The molecule has 0 aromatic carbocycles. The van der Waals surface area contributed by atoms with Gasteiger partial charge >= 0.3 is 7.12 Å². The molecular formula is C7H7BN2O2. The highest BCUT2D eigenvalue weighted by Crippen LogP contribution is 1.98. The fourth-order valence-electron chi connectivity index (χ4n) is 1.18. The fraction of sp³-hybridized carbons (Fsp3) is 0. The summed E-state index contributed by atoms with van der Waals surface area (Å²) >= 11 is 0. The molecule has 0 aliphatic rings. The van der Waals surface area contributed by atoms with Crippen LogP contribution in [0.4, 0.5) is 0 Å². The Labute approximate surface area is 69.3 Å².